The van der Waals surface area contributed by atoms with Crippen molar-refractivity contribution in [3.63, 3.8) is 0 Å². The first-order valence-electron chi connectivity index (χ1n) is 8.24. The van der Waals surface area contributed by atoms with E-state index in [1.54, 1.807) is 0 Å². The van der Waals surface area contributed by atoms with Crippen molar-refractivity contribution in [2.45, 2.75) is 64.6 Å². The summed E-state index contributed by atoms with van der Waals surface area (Å²) in [6, 6.07) is 4.19. The summed E-state index contributed by atoms with van der Waals surface area (Å²) in [5, 5.41) is 0. The monoisotopic (exact) mass is 342 g/mol. The molecule has 0 fully saturated rings. The number of carbonyl (C=O) groups excluding carboxylic acids is 1. The highest BCUT2D eigenvalue weighted by Crippen LogP contribution is 2.43. The van der Waals surface area contributed by atoms with E-state index in [1.807, 2.05) is 0 Å². The summed E-state index contributed by atoms with van der Waals surface area (Å²) in [5.41, 5.74) is 1.18. The maximum Gasteiger partial charge on any atom is 0.258 e. The van der Waals surface area contributed by atoms with E-state index in [0.29, 0.717) is 16.6 Å². The van der Waals surface area contributed by atoms with Gasteiger partial charge < -0.3 is 4.43 Å². The van der Waals surface area contributed by atoms with E-state index >= 15 is 0 Å². The van der Waals surface area contributed by atoms with Crippen LogP contribution in [0, 0.1) is 5.82 Å². The van der Waals surface area contributed by atoms with Crippen LogP contribution < -0.4 is 4.43 Å². The second-order valence-electron chi connectivity index (χ2n) is 6.93. The van der Waals surface area contributed by atoms with Crippen LogP contribution in [-0.2, 0) is 0 Å². The fourth-order valence-corrected chi connectivity index (χ4v) is 8.78. The molecule has 0 aliphatic rings. The molecule has 130 valence electrons. The molecule has 1 rings (SSSR count). The van der Waals surface area contributed by atoms with Crippen molar-refractivity contribution in [1.82, 2.24) is 0 Å². The van der Waals surface area contributed by atoms with Gasteiger partial charge >= 0.3 is 0 Å². The molecule has 5 heteroatoms. The van der Waals surface area contributed by atoms with Crippen LogP contribution in [0.3, 0.4) is 0 Å². The lowest BCUT2D eigenvalue weighted by Crippen LogP contribution is -2.50. The standard InChI is InChI=1S/C18H28F2O2Si/c1-12(2)23(13(3)4,14(5)6)22-18-8-7-15(11-16(18)20)17(21)9-10-19/h7-8,11-14H,9-10H2,1-6H3. The van der Waals surface area contributed by atoms with Crippen LogP contribution in [0.4, 0.5) is 8.78 Å². The Morgan fingerprint density at radius 1 is 1.09 bits per heavy atom. The quantitative estimate of drug-likeness (QED) is 0.433. The maximum atomic E-state index is 14.4. The third-order valence-corrected chi connectivity index (χ3v) is 10.6. The van der Waals surface area contributed by atoms with Crippen molar-refractivity contribution >= 4 is 14.1 Å². The lowest BCUT2D eigenvalue weighted by Gasteiger charge is -2.42. The molecule has 2 nitrogen and oxygen atoms in total. The van der Waals surface area contributed by atoms with E-state index in [9.17, 15) is 13.6 Å². The van der Waals surface area contributed by atoms with Crippen LogP contribution >= 0.6 is 0 Å². The van der Waals surface area contributed by atoms with Crippen molar-refractivity contribution in [1.29, 1.82) is 0 Å². The Hall–Kier alpha value is -1.23. The molecular formula is C18H28F2O2Si. The lowest BCUT2D eigenvalue weighted by molar-refractivity contribution is 0.0973. The molecule has 1 aromatic rings. The topological polar surface area (TPSA) is 26.3 Å². The summed E-state index contributed by atoms with van der Waals surface area (Å²) in [5.74, 6) is -0.740. The second-order valence-corrected chi connectivity index (χ2v) is 12.3. The highest BCUT2D eigenvalue weighted by molar-refractivity contribution is 6.78. The molecule has 0 saturated heterocycles. The number of hydrogen-bond donors (Lipinski definition) is 0. The zero-order chi connectivity index (χ0) is 17.8. The average molecular weight is 343 g/mol. The van der Waals surface area contributed by atoms with Gasteiger partial charge in [0.25, 0.3) is 8.32 Å². The molecule has 1 aromatic carbocycles. The van der Waals surface area contributed by atoms with Gasteiger partial charge in [-0.15, -0.1) is 0 Å². The molecule has 0 aliphatic carbocycles. The van der Waals surface area contributed by atoms with Crippen molar-refractivity contribution in [2.75, 3.05) is 6.67 Å². The van der Waals surface area contributed by atoms with Crippen molar-refractivity contribution in [3.05, 3.63) is 29.6 Å². The van der Waals surface area contributed by atoms with Crippen LogP contribution in [-0.4, -0.2) is 20.8 Å². The van der Waals surface area contributed by atoms with Gasteiger partial charge in [-0.25, -0.2) is 4.39 Å². The minimum Gasteiger partial charge on any atom is -0.541 e. The van der Waals surface area contributed by atoms with Gasteiger partial charge in [0, 0.05) is 12.0 Å². The van der Waals surface area contributed by atoms with E-state index in [2.05, 4.69) is 41.5 Å². The fraction of sp³-hybridized carbons (Fsp3) is 0.611. The molecule has 0 heterocycles. The summed E-state index contributed by atoms with van der Waals surface area (Å²) in [7, 11) is -2.24. The van der Waals surface area contributed by atoms with Crippen molar-refractivity contribution in [2.24, 2.45) is 0 Å². The molecule has 0 amide bonds. The van der Waals surface area contributed by atoms with E-state index in [-0.39, 0.29) is 17.7 Å². The van der Waals surface area contributed by atoms with Crippen LogP contribution in [0.15, 0.2) is 18.2 Å². The van der Waals surface area contributed by atoms with Gasteiger partial charge in [-0.05, 0) is 34.8 Å². The van der Waals surface area contributed by atoms with Crippen LogP contribution in [0.2, 0.25) is 16.6 Å². The Labute approximate surface area is 139 Å². The number of halogens is 2. The zero-order valence-corrected chi connectivity index (χ0v) is 16.0. The van der Waals surface area contributed by atoms with Crippen molar-refractivity contribution < 1.29 is 18.0 Å². The minimum absolute atomic E-state index is 0.193. The number of alkyl halides is 1. The first-order valence-corrected chi connectivity index (χ1v) is 10.4. The number of benzene rings is 1. The van der Waals surface area contributed by atoms with Gasteiger partial charge in [0.15, 0.2) is 11.6 Å². The van der Waals surface area contributed by atoms with E-state index in [1.165, 1.54) is 12.1 Å². The summed E-state index contributed by atoms with van der Waals surface area (Å²) >= 11 is 0. The SMILES string of the molecule is CC(C)[Si](Oc1ccc(C(=O)CCF)cc1F)(C(C)C)C(C)C. The van der Waals surface area contributed by atoms with Gasteiger partial charge in [0.2, 0.25) is 0 Å². The molecule has 0 unspecified atom stereocenters. The first kappa shape index (κ1) is 19.8. The third-order valence-electron chi connectivity index (χ3n) is 4.57. The molecule has 0 aliphatic heterocycles. The zero-order valence-electron chi connectivity index (χ0n) is 15.0. The highest BCUT2D eigenvalue weighted by Gasteiger charge is 2.47. The Morgan fingerprint density at radius 3 is 2.00 bits per heavy atom. The minimum atomic E-state index is -2.24. The molecular weight excluding hydrogens is 314 g/mol. The summed E-state index contributed by atoms with van der Waals surface area (Å²) in [4.78, 5) is 11.7. The van der Waals surface area contributed by atoms with E-state index in [0.717, 1.165) is 6.07 Å². The van der Waals surface area contributed by atoms with Gasteiger partial charge in [-0.3, -0.25) is 9.18 Å². The molecule has 0 saturated carbocycles. The number of Topliss-reactive ketones (excluding diaryl/α,β-unsaturated/α-hetero) is 1. The average Bonchev–Trinajstić information content (AvgIpc) is 2.44. The van der Waals surface area contributed by atoms with Gasteiger partial charge in [-0.1, -0.05) is 41.5 Å². The van der Waals surface area contributed by atoms with E-state index < -0.39 is 26.6 Å². The number of rotatable bonds is 8. The molecule has 0 atom stereocenters. The molecule has 0 radical (unpaired) electrons. The molecule has 0 aromatic heterocycles. The molecule has 0 spiro atoms. The summed E-state index contributed by atoms with van der Waals surface area (Å²) in [6.07, 6.45) is -0.220. The number of ketones is 1. The van der Waals surface area contributed by atoms with Gasteiger partial charge in [0.1, 0.15) is 5.75 Å². The maximum absolute atomic E-state index is 14.4. The fourth-order valence-electron chi connectivity index (χ4n) is 3.53. The molecule has 0 bridgehead atoms. The first-order chi connectivity index (χ1) is 10.7. The van der Waals surface area contributed by atoms with Crippen LogP contribution in [0.5, 0.6) is 5.75 Å². The normalized spacial score (nSPS) is 12.3. The number of hydrogen-bond acceptors (Lipinski definition) is 2. The Kier molecular flexibility index (Phi) is 6.93. The third kappa shape index (κ3) is 4.19. The van der Waals surface area contributed by atoms with Crippen molar-refractivity contribution in [3.8, 4) is 5.75 Å². The lowest BCUT2D eigenvalue weighted by atomic mass is 10.1. The van der Waals surface area contributed by atoms with E-state index in [4.69, 9.17) is 4.43 Å². The largest absolute Gasteiger partial charge is 0.541 e. The van der Waals surface area contributed by atoms with Crippen LogP contribution in [0.1, 0.15) is 58.3 Å². The molecule has 0 N–H and O–H groups in total. The smallest absolute Gasteiger partial charge is 0.258 e. The predicted molar refractivity (Wildman–Crippen MR) is 93.0 cm³/mol. The molecule has 23 heavy (non-hydrogen) atoms. The highest BCUT2D eigenvalue weighted by atomic mass is 28.4. The Morgan fingerprint density at radius 2 is 1.61 bits per heavy atom. The predicted octanol–water partition coefficient (Wildman–Crippen LogP) is 5.92. The summed E-state index contributed by atoms with van der Waals surface area (Å²) < 4.78 is 33.0. The summed E-state index contributed by atoms with van der Waals surface area (Å²) in [6.45, 7) is 12.0. The number of carbonyl (C=O) groups is 1. The van der Waals surface area contributed by atoms with Crippen LogP contribution in [0.25, 0.3) is 0 Å². The Balaban J connectivity index is 3.18. The van der Waals surface area contributed by atoms with Gasteiger partial charge in [-0.2, -0.15) is 0 Å². The Bertz CT molecular complexity index is 520. The van der Waals surface area contributed by atoms with Gasteiger partial charge in [0.05, 0.1) is 6.67 Å². The second kappa shape index (κ2) is 8.04.